The topological polar surface area (TPSA) is 57.5 Å². The summed E-state index contributed by atoms with van der Waals surface area (Å²) in [5.74, 6) is 1.61. The zero-order valence-corrected chi connectivity index (χ0v) is 14.0. The average molecular weight is 306 g/mol. The average Bonchev–Trinajstić information content (AvgIpc) is 2.84. The van der Waals surface area contributed by atoms with Crippen LogP contribution in [0.15, 0.2) is 0 Å². The lowest BCUT2D eigenvalue weighted by Gasteiger charge is -2.62. The first-order valence-electron chi connectivity index (χ1n) is 9.24. The third kappa shape index (κ3) is 1.73. The molecule has 4 rings (SSSR count). The Kier molecular flexibility index (Phi) is 3.14. The van der Waals surface area contributed by atoms with Gasteiger partial charge in [0.05, 0.1) is 6.10 Å². The van der Waals surface area contributed by atoms with Gasteiger partial charge in [0.25, 0.3) is 0 Å². The molecule has 0 aromatic heterocycles. The number of carbonyl (C=O) groups excluding carboxylic acids is 1. The minimum atomic E-state index is -1.28. The van der Waals surface area contributed by atoms with Gasteiger partial charge in [-0.1, -0.05) is 20.3 Å². The third-order valence-electron chi connectivity index (χ3n) is 8.39. The van der Waals surface area contributed by atoms with E-state index in [1.54, 1.807) is 0 Å². The van der Waals surface area contributed by atoms with Crippen molar-refractivity contribution >= 4 is 5.78 Å². The van der Waals surface area contributed by atoms with Crippen molar-refractivity contribution in [3.63, 3.8) is 0 Å². The maximum absolute atomic E-state index is 12.9. The molecule has 0 radical (unpaired) electrons. The molecule has 0 spiro atoms. The molecule has 4 saturated carbocycles. The summed E-state index contributed by atoms with van der Waals surface area (Å²) in [4.78, 5) is 12.9. The SMILES string of the molecule is C[C@@]12CCC[C@@H]1[C@H]1CC(=O)[C@@]3(O)C[C@@H](O)CC[C@]3(C)[C@H]1CC2. The Labute approximate surface area is 133 Å². The lowest BCUT2D eigenvalue weighted by molar-refractivity contribution is -0.211. The van der Waals surface area contributed by atoms with Crippen LogP contribution >= 0.6 is 0 Å². The largest absolute Gasteiger partial charge is 0.393 e. The van der Waals surface area contributed by atoms with Gasteiger partial charge in [0, 0.05) is 18.3 Å². The number of ketones is 1. The Morgan fingerprint density at radius 2 is 1.82 bits per heavy atom. The highest BCUT2D eigenvalue weighted by Crippen LogP contribution is 2.66. The Morgan fingerprint density at radius 1 is 1.05 bits per heavy atom. The first kappa shape index (κ1) is 15.1. The molecule has 4 aliphatic rings. The predicted molar refractivity (Wildman–Crippen MR) is 84.2 cm³/mol. The monoisotopic (exact) mass is 306 g/mol. The minimum absolute atomic E-state index is 0.0196. The van der Waals surface area contributed by atoms with Gasteiger partial charge in [-0.25, -0.2) is 0 Å². The fourth-order valence-corrected chi connectivity index (χ4v) is 7.01. The number of fused-ring (bicyclic) bond motifs is 5. The van der Waals surface area contributed by atoms with Crippen LogP contribution in [0.5, 0.6) is 0 Å². The fourth-order valence-electron chi connectivity index (χ4n) is 7.01. The van der Waals surface area contributed by atoms with Crippen LogP contribution < -0.4 is 0 Å². The van der Waals surface area contributed by atoms with Crippen molar-refractivity contribution in [2.75, 3.05) is 0 Å². The van der Waals surface area contributed by atoms with Crippen molar-refractivity contribution in [2.24, 2.45) is 28.6 Å². The molecule has 124 valence electrons. The minimum Gasteiger partial charge on any atom is -0.393 e. The van der Waals surface area contributed by atoms with Crippen molar-refractivity contribution in [3.05, 3.63) is 0 Å². The predicted octanol–water partition coefficient (Wildman–Crippen LogP) is 3.07. The van der Waals surface area contributed by atoms with Gasteiger partial charge in [0.2, 0.25) is 0 Å². The standard InChI is InChI=1S/C19H30O3/c1-17-7-3-4-14(17)13-10-16(21)19(22)11-12(20)5-9-18(19,2)15(13)6-8-17/h12-15,20,22H,3-11H2,1-2H3/t12-,13+,14+,15-,17-,18+,19-/m0/s1. The molecule has 7 atom stereocenters. The number of rotatable bonds is 0. The summed E-state index contributed by atoms with van der Waals surface area (Å²) >= 11 is 0. The molecule has 22 heavy (non-hydrogen) atoms. The van der Waals surface area contributed by atoms with Gasteiger partial charge in [-0.05, 0) is 61.7 Å². The van der Waals surface area contributed by atoms with E-state index >= 15 is 0 Å². The second-order valence-electron chi connectivity index (χ2n) is 9.26. The second-order valence-corrected chi connectivity index (χ2v) is 9.26. The molecule has 0 aliphatic heterocycles. The van der Waals surface area contributed by atoms with Gasteiger partial charge < -0.3 is 10.2 Å². The molecule has 4 fully saturated rings. The molecule has 0 aromatic rings. The van der Waals surface area contributed by atoms with Crippen LogP contribution in [-0.4, -0.2) is 27.7 Å². The molecule has 3 heteroatoms. The van der Waals surface area contributed by atoms with Gasteiger partial charge >= 0.3 is 0 Å². The summed E-state index contributed by atoms with van der Waals surface area (Å²) in [6.45, 7) is 4.57. The number of Topliss-reactive ketones (excluding diaryl/α,β-unsaturated/α-hetero) is 1. The molecule has 0 bridgehead atoms. The van der Waals surface area contributed by atoms with Gasteiger partial charge in [-0.3, -0.25) is 4.79 Å². The van der Waals surface area contributed by atoms with Gasteiger partial charge in [-0.2, -0.15) is 0 Å². The highest BCUT2D eigenvalue weighted by atomic mass is 16.3. The van der Waals surface area contributed by atoms with E-state index in [9.17, 15) is 15.0 Å². The van der Waals surface area contributed by atoms with Crippen molar-refractivity contribution in [3.8, 4) is 0 Å². The Morgan fingerprint density at radius 3 is 2.59 bits per heavy atom. The number of aliphatic hydroxyl groups is 2. The van der Waals surface area contributed by atoms with Crippen LogP contribution in [0.2, 0.25) is 0 Å². The van der Waals surface area contributed by atoms with Gasteiger partial charge in [0.15, 0.2) is 5.78 Å². The zero-order chi connectivity index (χ0) is 15.8. The van der Waals surface area contributed by atoms with Gasteiger partial charge in [-0.15, -0.1) is 0 Å². The summed E-state index contributed by atoms with van der Waals surface area (Å²) in [6.07, 6.45) is 8.10. The first-order chi connectivity index (χ1) is 10.3. The van der Waals surface area contributed by atoms with Crippen molar-refractivity contribution in [1.29, 1.82) is 0 Å². The van der Waals surface area contributed by atoms with Crippen LogP contribution in [0.25, 0.3) is 0 Å². The number of carbonyl (C=O) groups is 1. The van der Waals surface area contributed by atoms with E-state index < -0.39 is 11.7 Å². The highest BCUT2D eigenvalue weighted by Gasteiger charge is 2.66. The molecule has 0 unspecified atom stereocenters. The molecule has 0 amide bonds. The fraction of sp³-hybridized carbons (Fsp3) is 0.947. The third-order valence-corrected chi connectivity index (χ3v) is 8.39. The van der Waals surface area contributed by atoms with Crippen LogP contribution in [0.1, 0.15) is 71.6 Å². The zero-order valence-electron chi connectivity index (χ0n) is 14.0. The normalized spacial score (nSPS) is 57.9. The lowest BCUT2D eigenvalue weighted by Crippen LogP contribution is -2.66. The number of hydrogen-bond donors (Lipinski definition) is 2. The molecule has 2 N–H and O–H groups in total. The molecular weight excluding hydrogens is 276 g/mol. The molecular formula is C19H30O3. The van der Waals surface area contributed by atoms with E-state index in [-0.39, 0.29) is 17.6 Å². The molecule has 4 aliphatic carbocycles. The molecule has 0 heterocycles. The smallest absolute Gasteiger partial charge is 0.165 e. The van der Waals surface area contributed by atoms with Crippen LogP contribution in [-0.2, 0) is 4.79 Å². The van der Waals surface area contributed by atoms with Gasteiger partial charge in [0.1, 0.15) is 5.60 Å². The maximum atomic E-state index is 12.9. The second kappa shape index (κ2) is 4.57. The molecule has 0 saturated heterocycles. The highest BCUT2D eigenvalue weighted by molar-refractivity contribution is 5.89. The number of hydrogen-bond acceptors (Lipinski definition) is 3. The Balaban J connectivity index is 1.73. The van der Waals surface area contributed by atoms with E-state index in [4.69, 9.17) is 0 Å². The quantitative estimate of drug-likeness (QED) is 0.723. The number of aliphatic hydroxyl groups excluding tert-OH is 1. The maximum Gasteiger partial charge on any atom is 0.165 e. The van der Waals surface area contributed by atoms with Crippen LogP contribution in [0.3, 0.4) is 0 Å². The summed E-state index contributed by atoms with van der Waals surface area (Å²) in [6, 6.07) is 0. The van der Waals surface area contributed by atoms with E-state index in [0.29, 0.717) is 29.6 Å². The van der Waals surface area contributed by atoms with E-state index in [0.717, 1.165) is 19.3 Å². The van der Waals surface area contributed by atoms with Crippen molar-refractivity contribution in [2.45, 2.75) is 83.3 Å². The first-order valence-corrected chi connectivity index (χ1v) is 9.24. The summed E-state index contributed by atoms with van der Waals surface area (Å²) in [5, 5.41) is 21.2. The molecule has 3 nitrogen and oxygen atoms in total. The Hall–Kier alpha value is -0.410. The summed E-state index contributed by atoms with van der Waals surface area (Å²) in [5.41, 5.74) is -1.17. The van der Waals surface area contributed by atoms with Crippen molar-refractivity contribution < 1.29 is 15.0 Å². The van der Waals surface area contributed by atoms with E-state index in [2.05, 4.69) is 13.8 Å². The van der Waals surface area contributed by atoms with E-state index in [1.165, 1.54) is 25.7 Å². The molecule has 0 aromatic carbocycles. The lowest BCUT2D eigenvalue weighted by atomic mass is 9.43. The van der Waals surface area contributed by atoms with Crippen LogP contribution in [0.4, 0.5) is 0 Å². The summed E-state index contributed by atoms with van der Waals surface area (Å²) < 4.78 is 0. The van der Waals surface area contributed by atoms with Crippen molar-refractivity contribution in [1.82, 2.24) is 0 Å². The Bertz CT molecular complexity index is 503. The summed E-state index contributed by atoms with van der Waals surface area (Å²) in [7, 11) is 0. The van der Waals surface area contributed by atoms with Crippen LogP contribution in [0, 0.1) is 28.6 Å². The van der Waals surface area contributed by atoms with E-state index in [1.807, 2.05) is 0 Å².